The van der Waals surface area contributed by atoms with Crippen molar-refractivity contribution in [3.8, 4) is 0 Å². The number of anilines is 1. The van der Waals surface area contributed by atoms with E-state index in [1.54, 1.807) is 12.3 Å². The van der Waals surface area contributed by atoms with Gasteiger partial charge in [-0.05, 0) is 38.0 Å². The summed E-state index contributed by atoms with van der Waals surface area (Å²) >= 11 is 1.48. The minimum Gasteiger partial charge on any atom is -0.461 e. The summed E-state index contributed by atoms with van der Waals surface area (Å²) in [6.45, 7) is 6.79. The van der Waals surface area contributed by atoms with Gasteiger partial charge < -0.3 is 10.1 Å². The zero-order chi connectivity index (χ0) is 13.8. The maximum absolute atomic E-state index is 11.5. The smallest absolute Gasteiger partial charge is 0.357 e. The number of thiazole rings is 1. The number of hydrogen-bond acceptors (Lipinski definition) is 5. The average Bonchev–Trinajstić information content (AvgIpc) is 2.76. The number of ether oxygens (including phenoxy) is 1. The Labute approximate surface area is 118 Å². The zero-order valence-corrected chi connectivity index (χ0v) is 12.6. The van der Waals surface area contributed by atoms with Crippen LogP contribution in [0, 0.1) is 11.8 Å². The van der Waals surface area contributed by atoms with Gasteiger partial charge in [-0.2, -0.15) is 0 Å². The molecule has 0 spiro atoms. The van der Waals surface area contributed by atoms with Crippen LogP contribution < -0.4 is 5.32 Å². The molecule has 1 aromatic rings. The van der Waals surface area contributed by atoms with Crippen molar-refractivity contribution in [2.24, 2.45) is 11.8 Å². The lowest BCUT2D eigenvalue weighted by Crippen LogP contribution is -2.30. The zero-order valence-electron chi connectivity index (χ0n) is 11.8. The summed E-state index contributed by atoms with van der Waals surface area (Å²) in [7, 11) is 0. The van der Waals surface area contributed by atoms with Crippen LogP contribution in [0.1, 0.15) is 50.5 Å². The van der Waals surface area contributed by atoms with Crippen molar-refractivity contribution in [1.29, 1.82) is 0 Å². The molecule has 1 fully saturated rings. The van der Waals surface area contributed by atoms with Gasteiger partial charge in [-0.1, -0.05) is 13.8 Å². The first-order valence-electron chi connectivity index (χ1n) is 6.97. The van der Waals surface area contributed by atoms with Crippen molar-refractivity contribution in [2.75, 3.05) is 11.9 Å². The highest BCUT2D eigenvalue weighted by molar-refractivity contribution is 7.13. The van der Waals surface area contributed by atoms with Crippen LogP contribution in [-0.2, 0) is 4.74 Å². The molecule has 2 unspecified atom stereocenters. The third-order valence-corrected chi connectivity index (χ3v) is 4.27. The molecular formula is C14H22N2O2S. The van der Waals surface area contributed by atoms with E-state index in [2.05, 4.69) is 24.1 Å². The van der Waals surface area contributed by atoms with Crippen molar-refractivity contribution in [3.63, 3.8) is 0 Å². The molecule has 1 heterocycles. The molecule has 19 heavy (non-hydrogen) atoms. The van der Waals surface area contributed by atoms with Gasteiger partial charge in [0.25, 0.3) is 0 Å². The Morgan fingerprint density at radius 3 is 2.74 bits per heavy atom. The van der Waals surface area contributed by atoms with Gasteiger partial charge in [-0.25, -0.2) is 9.78 Å². The van der Waals surface area contributed by atoms with E-state index in [4.69, 9.17) is 4.74 Å². The van der Waals surface area contributed by atoms with Crippen LogP contribution in [0.5, 0.6) is 0 Å². The first-order valence-corrected chi connectivity index (χ1v) is 7.85. The molecule has 0 aromatic carbocycles. The van der Waals surface area contributed by atoms with Crippen LogP contribution in [0.2, 0.25) is 0 Å². The number of esters is 1. The maximum atomic E-state index is 11.5. The van der Waals surface area contributed by atoms with Crippen LogP contribution in [0.15, 0.2) is 5.38 Å². The van der Waals surface area contributed by atoms with Gasteiger partial charge in [0.2, 0.25) is 0 Å². The second-order valence-corrected chi connectivity index (χ2v) is 6.38. The predicted molar refractivity (Wildman–Crippen MR) is 77.7 cm³/mol. The van der Waals surface area contributed by atoms with Crippen molar-refractivity contribution in [2.45, 2.75) is 46.1 Å². The molecule has 1 aliphatic carbocycles. The summed E-state index contributed by atoms with van der Waals surface area (Å²) in [5, 5.41) is 6.05. The van der Waals surface area contributed by atoms with E-state index in [0.717, 1.165) is 17.0 Å². The Hall–Kier alpha value is -1.10. The quantitative estimate of drug-likeness (QED) is 0.858. The Morgan fingerprint density at radius 2 is 2.11 bits per heavy atom. The lowest BCUT2D eigenvalue weighted by molar-refractivity contribution is 0.0520. The average molecular weight is 282 g/mol. The Balaban J connectivity index is 1.94. The molecule has 1 aliphatic rings. The molecule has 0 aliphatic heterocycles. The second kappa shape index (κ2) is 6.37. The summed E-state index contributed by atoms with van der Waals surface area (Å²) in [4.78, 5) is 15.9. The van der Waals surface area contributed by atoms with Gasteiger partial charge in [0.1, 0.15) is 0 Å². The molecule has 106 valence electrons. The standard InChI is InChI=1S/C14H22N2O2S/c1-4-18-13(17)12-8-19-14(16-12)15-11-6-9(2)5-10(3)7-11/h8-11H,4-7H2,1-3H3,(H,15,16). The lowest BCUT2D eigenvalue weighted by atomic mass is 9.80. The maximum Gasteiger partial charge on any atom is 0.357 e. The largest absolute Gasteiger partial charge is 0.461 e. The van der Waals surface area contributed by atoms with E-state index < -0.39 is 0 Å². The van der Waals surface area contributed by atoms with Crippen LogP contribution in [0.4, 0.5) is 5.13 Å². The molecule has 1 saturated carbocycles. The molecule has 0 radical (unpaired) electrons. The Bertz CT molecular complexity index is 423. The molecule has 0 bridgehead atoms. The summed E-state index contributed by atoms with van der Waals surface area (Å²) < 4.78 is 4.94. The summed E-state index contributed by atoms with van der Waals surface area (Å²) in [5.74, 6) is 1.17. The summed E-state index contributed by atoms with van der Waals surface area (Å²) in [5.41, 5.74) is 0.409. The van der Waals surface area contributed by atoms with Crippen molar-refractivity contribution < 1.29 is 9.53 Å². The van der Waals surface area contributed by atoms with E-state index in [0.29, 0.717) is 18.3 Å². The summed E-state index contributed by atoms with van der Waals surface area (Å²) in [6, 6.07) is 0.472. The van der Waals surface area contributed by atoms with E-state index in [9.17, 15) is 4.79 Å². The molecule has 2 atom stereocenters. The van der Waals surface area contributed by atoms with Crippen molar-refractivity contribution >= 4 is 22.4 Å². The Morgan fingerprint density at radius 1 is 1.42 bits per heavy atom. The SMILES string of the molecule is CCOC(=O)c1csc(NC2CC(C)CC(C)C2)n1. The van der Waals surface area contributed by atoms with Gasteiger partial charge >= 0.3 is 5.97 Å². The number of carbonyl (C=O) groups excluding carboxylic acids is 1. The van der Waals surface area contributed by atoms with E-state index in [1.165, 1.54) is 30.6 Å². The fourth-order valence-electron chi connectivity index (χ4n) is 2.88. The normalized spacial score (nSPS) is 27.0. The lowest BCUT2D eigenvalue weighted by Gasteiger charge is -2.31. The number of aromatic nitrogens is 1. The first kappa shape index (κ1) is 14.3. The van der Waals surface area contributed by atoms with E-state index >= 15 is 0 Å². The number of rotatable bonds is 4. The van der Waals surface area contributed by atoms with Crippen molar-refractivity contribution in [1.82, 2.24) is 4.98 Å². The first-order chi connectivity index (χ1) is 9.08. The number of carbonyl (C=O) groups is 1. The van der Waals surface area contributed by atoms with Crippen LogP contribution in [0.3, 0.4) is 0 Å². The van der Waals surface area contributed by atoms with Crippen molar-refractivity contribution in [3.05, 3.63) is 11.1 Å². The molecule has 2 rings (SSSR count). The molecule has 5 heteroatoms. The Kier molecular flexibility index (Phi) is 4.80. The van der Waals surface area contributed by atoms with E-state index in [1.807, 2.05) is 0 Å². The highest BCUT2D eigenvalue weighted by Crippen LogP contribution is 2.31. The minimum atomic E-state index is -0.336. The van der Waals surface area contributed by atoms with Gasteiger partial charge in [0.15, 0.2) is 10.8 Å². The third kappa shape index (κ3) is 3.93. The van der Waals surface area contributed by atoms with Crippen LogP contribution >= 0.6 is 11.3 Å². The third-order valence-electron chi connectivity index (χ3n) is 3.49. The molecule has 4 nitrogen and oxygen atoms in total. The highest BCUT2D eigenvalue weighted by atomic mass is 32.1. The molecule has 1 N–H and O–H groups in total. The molecular weight excluding hydrogens is 260 g/mol. The van der Waals surface area contributed by atoms with Gasteiger partial charge in [-0.3, -0.25) is 0 Å². The fourth-order valence-corrected chi connectivity index (χ4v) is 3.64. The predicted octanol–water partition coefficient (Wildman–Crippen LogP) is 3.56. The van der Waals surface area contributed by atoms with Gasteiger partial charge in [-0.15, -0.1) is 11.3 Å². The highest BCUT2D eigenvalue weighted by Gasteiger charge is 2.24. The molecule has 0 saturated heterocycles. The van der Waals surface area contributed by atoms with Gasteiger partial charge in [0, 0.05) is 11.4 Å². The van der Waals surface area contributed by atoms with Crippen LogP contribution in [0.25, 0.3) is 0 Å². The topological polar surface area (TPSA) is 51.2 Å². The molecule has 1 aromatic heterocycles. The number of hydrogen-bond donors (Lipinski definition) is 1. The fraction of sp³-hybridized carbons (Fsp3) is 0.714. The minimum absolute atomic E-state index is 0.336. The van der Waals surface area contributed by atoms with Gasteiger partial charge in [0.05, 0.1) is 6.61 Å². The van der Waals surface area contributed by atoms with Crippen LogP contribution in [-0.4, -0.2) is 23.6 Å². The van der Waals surface area contributed by atoms with E-state index in [-0.39, 0.29) is 5.97 Å². The summed E-state index contributed by atoms with van der Waals surface area (Å²) in [6.07, 6.45) is 3.67. The number of nitrogens with zero attached hydrogens (tertiary/aromatic N) is 1. The monoisotopic (exact) mass is 282 g/mol. The molecule has 0 amide bonds. The number of nitrogens with one attached hydrogen (secondary N) is 1. The second-order valence-electron chi connectivity index (χ2n) is 5.52.